The highest BCUT2D eigenvalue weighted by molar-refractivity contribution is 7.15. The molecule has 1 saturated carbocycles. The molecule has 2 aromatic heterocycles. The number of thiazole rings is 1. The molecule has 0 amide bonds. The van der Waals surface area contributed by atoms with Crippen molar-refractivity contribution in [3.63, 3.8) is 0 Å². The normalized spacial score (nSPS) is 20.5. The molecule has 1 fully saturated rings. The predicted octanol–water partition coefficient (Wildman–Crippen LogP) is 4.77. The molecule has 8 nitrogen and oxygen atoms in total. The summed E-state index contributed by atoms with van der Waals surface area (Å²) in [4.78, 5) is 25.5. The average molecular weight is 481 g/mol. The molecule has 0 atom stereocenters. The number of carboxylic acid groups (broad SMARTS) is 1. The largest absolute Gasteiger partial charge is 0.481 e. The zero-order valence-electron chi connectivity index (χ0n) is 19.2. The van der Waals surface area contributed by atoms with E-state index in [0.29, 0.717) is 43.2 Å². The standard InChI is InChI=1S/C25H28N4O4S/c1-16-12-18(14-20(13-16)29-24-26-10-7-19(28-24)4-3-11-33-2)21-15-27-23(34-21)25(32)8-5-17(6-9-25)22(30)31/h3-4,7,10,12-15,17,32H,5-6,8-9,11H2,1-2H3,(H,30,31)(H,26,28,29). The van der Waals surface area contributed by atoms with Gasteiger partial charge in [-0.25, -0.2) is 15.0 Å². The second-order valence-corrected chi connectivity index (χ2v) is 9.58. The molecule has 34 heavy (non-hydrogen) atoms. The molecule has 1 aromatic carbocycles. The molecule has 1 aliphatic carbocycles. The molecule has 0 radical (unpaired) electrons. The van der Waals surface area contributed by atoms with E-state index in [1.165, 1.54) is 11.3 Å². The first-order chi connectivity index (χ1) is 16.4. The minimum absolute atomic E-state index is 0.388. The fraction of sp³-hybridized carbons (Fsp3) is 0.360. The van der Waals surface area contributed by atoms with Gasteiger partial charge in [-0.15, -0.1) is 11.3 Å². The number of hydrogen-bond donors (Lipinski definition) is 3. The number of aromatic nitrogens is 3. The number of aryl methyl sites for hydroxylation is 1. The van der Waals surface area contributed by atoms with Gasteiger partial charge in [-0.1, -0.05) is 12.1 Å². The number of aliphatic carboxylic acids is 1. The molecule has 0 spiro atoms. The molecule has 0 saturated heterocycles. The molecule has 1 aliphatic rings. The highest BCUT2D eigenvalue weighted by Crippen LogP contribution is 2.43. The highest BCUT2D eigenvalue weighted by Gasteiger charge is 2.39. The van der Waals surface area contributed by atoms with Crippen LogP contribution in [0.15, 0.2) is 42.7 Å². The fourth-order valence-corrected chi connectivity index (χ4v) is 5.15. The topological polar surface area (TPSA) is 117 Å². The summed E-state index contributed by atoms with van der Waals surface area (Å²) in [6.45, 7) is 2.53. The SMILES string of the molecule is COCC=Cc1ccnc(Nc2cc(C)cc(-c3cnc(C4(O)CCC(C(=O)O)CC4)s3)c2)n1. The Labute approximate surface area is 202 Å². The maximum absolute atomic E-state index is 11.2. The Hall–Kier alpha value is -3.14. The van der Waals surface area contributed by atoms with Crippen molar-refractivity contribution in [2.24, 2.45) is 5.92 Å². The van der Waals surface area contributed by atoms with Gasteiger partial charge < -0.3 is 20.3 Å². The summed E-state index contributed by atoms with van der Waals surface area (Å²) < 4.78 is 5.03. The monoisotopic (exact) mass is 480 g/mol. The third-order valence-corrected chi connectivity index (χ3v) is 7.15. The van der Waals surface area contributed by atoms with E-state index in [-0.39, 0.29) is 5.92 Å². The van der Waals surface area contributed by atoms with Gasteiger partial charge in [0.15, 0.2) is 0 Å². The lowest BCUT2D eigenvalue weighted by Crippen LogP contribution is -2.33. The van der Waals surface area contributed by atoms with E-state index in [0.717, 1.165) is 27.4 Å². The molecule has 0 bridgehead atoms. The number of carbonyl (C=O) groups is 1. The number of rotatable bonds is 8. The fourth-order valence-electron chi connectivity index (χ4n) is 4.10. The lowest BCUT2D eigenvalue weighted by molar-refractivity contribution is -0.145. The van der Waals surface area contributed by atoms with Gasteiger partial charge >= 0.3 is 5.97 Å². The number of nitrogens with zero attached hydrogens (tertiary/aromatic N) is 3. The molecule has 0 aliphatic heterocycles. The Bertz CT molecular complexity index is 1190. The number of aliphatic hydroxyl groups is 1. The molecular formula is C25H28N4O4S. The van der Waals surface area contributed by atoms with Gasteiger partial charge in [0.25, 0.3) is 0 Å². The summed E-state index contributed by atoms with van der Waals surface area (Å²) in [5.74, 6) is -0.686. The maximum atomic E-state index is 11.2. The van der Waals surface area contributed by atoms with Gasteiger partial charge in [0.05, 0.1) is 23.1 Å². The third-order valence-electron chi connectivity index (χ3n) is 5.91. The van der Waals surface area contributed by atoms with Crippen LogP contribution in [0.1, 0.15) is 41.9 Å². The second-order valence-electron chi connectivity index (χ2n) is 8.55. The van der Waals surface area contributed by atoms with Gasteiger partial charge in [0, 0.05) is 25.2 Å². The Morgan fingerprint density at radius 1 is 1.29 bits per heavy atom. The first-order valence-electron chi connectivity index (χ1n) is 11.2. The van der Waals surface area contributed by atoms with Crippen LogP contribution in [0.25, 0.3) is 16.5 Å². The number of anilines is 2. The summed E-state index contributed by atoms with van der Waals surface area (Å²) >= 11 is 1.45. The van der Waals surface area contributed by atoms with Crippen molar-refractivity contribution in [2.75, 3.05) is 19.0 Å². The van der Waals surface area contributed by atoms with Gasteiger partial charge in [0.2, 0.25) is 5.95 Å². The Morgan fingerprint density at radius 2 is 2.09 bits per heavy atom. The van der Waals surface area contributed by atoms with Crippen molar-refractivity contribution in [1.82, 2.24) is 15.0 Å². The third kappa shape index (κ3) is 5.67. The van der Waals surface area contributed by atoms with E-state index in [1.807, 2.05) is 37.3 Å². The Balaban J connectivity index is 1.52. The molecule has 3 aromatic rings. The molecular weight excluding hydrogens is 452 g/mol. The smallest absolute Gasteiger partial charge is 0.306 e. The number of hydrogen-bond acceptors (Lipinski definition) is 8. The summed E-state index contributed by atoms with van der Waals surface area (Å²) in [7, 11) is 1.64. The van der Waals surface area contributed by atoms with Crippen LogP contribution >= 0.6 is 11.3 Å². The number of methoxy groups -OCH3 is 1. The van der Waals surface area contributed by atoms with Crippen molar-refractivity contribution in [1.29, 1.82) is 0 Å². The number of nitrogens with one attached hydrogen (secondary N) is 1. The predicted molar refractivity (Wildman–Crippen MR) is 132 cm³/mol. The summed E-state index contributed by atoms with van der Waals surface area (Å²) in [6, 6.07) is 7.92. The first kappa shape index (κ1) is 24.0. The van der Waals surface area contributed by atoms with E-state index in [1.54, 1.807) is 19.5 Å². The van der Waals surface area contributed by atoms with Crippen LogP contribution in [0.3, 0.4) is 0 Å². The van der Waals surface area contributed by atoms with Gasteiger partial charge in [-0.05, 0) is 68.0 Å². The van der Waals surface area contributed by atoms with Crippen molar-refractivity contribution in [3.05, 3.63) is 59.0 Å². The number of ether oxygens (including phenoxy) is 1. The van der Waals surface area contributed by atoms with E-state index < -0.39 is 11.6 Å². The molecule has 2 heterocycles. The van der Waals surface area contributed by atoms with E-state index in [2.05, 4.69) is 26.3 Å². The minimum atomic E-state index is -1.07. The van der Waals surface area contributed by atoms with E-state index in [4.69, 9.17) is 4.74 Å². The van der Waals surface area contributed by atoms with Crippen molar-refractivity contribution < 1.29 is 19.7 Å². The zero-order chi connectivity index (χ0) is 24.1. The number of carboxylic acids is 1. The van der Waals surface area contributed by atoms with Crippen LogP contribution in [-0.4, -0.2) is 44.9 Å². The molecule has 0 unspecified atom stereocenters. The summed E-state index contributed by atoms with van der Waals surface area (Å²) in [5, 5.41) is 24.3. The lowest BCUT2D eigenvalue weighted by atomic mass is 9.79. The van der Waals surface area contributed by atoms with Crippen LogP contribution in [0.4, 0.5) is 11.6 Å². The second kappa shape index (κ2) is 10.4. The van der Waals surface area contributed by atoms with Crippen LogP contribution in [-0.2, 0) is 15.1 Å². The first-order valence-corrected chi connectivity index (χ1v) is 12.0. The minimum Gasteiger partial charge on any atom is -0.481 e. The summed E-state index contributed by atoms with van der Waals surface area (Å²) in [6.07, 6.45) is 8.98. The van der Waals surface area contributed by atoms with E-state index >= 15 is 0 Å². The highest BCUT2D eigenvalue weighted by atomic mass is 32.1. The van der Waals surface area contributed by atoms with Crippen molar-refractivity contribution in [2.45, 2.75) is 38.2 Å². The van der Waals surface area contributed by atoms with Crippen LogP contribution in [0.2, 0.25) is 0 Å². The molecule has 4 rings (SSSR count). The molecule has 9 heteroatoms. The van der Waals surface area contributed by atoms with E-state index in [9.17, 15) is 15.0 Å². The Morgan fingerprint density at radius 3 is 2.82 bits per heavy atom. The van der Waals surface area contributed by atoms with Gasteiger partial charge in [0.1, 0.15) is 10.6 Å². The molecule has 3 N–H and O–H groups in total. The number of benzene rings is 1. The zero-order valence-corrected chi connectivity index (χ0v) is 20.0. The van der Waals surface area contributed by atoms with Crippen LogP contribution < -0.4 is 5.32 Å². The quantitative estimate of drug-likeness (QED) is 0.422. The summed E-state index contributed by atoms with van der Waals surface area (Å²) in [5.41, 5.74) is 2.60. The van der Waals surface area contributed by atoms with Crippen LogP contribution in [0.5, 0.6) is 0 Å². The average Bonchev–Trinajstić information content (AvgIpc) is 3.31. The van der Waals surface area contributed by atoms with Crippen molar-refractivity contribution >= 4 is 35.0 Å². The van der Waals surface area contributed by atoms with Crippen LogP contribution in [0, 0.1) is 12.8 Å². The van der Waals surface area contributed by atoms with Crippen molar-refractivity contribution in [3.8, 4) is 10.4 Å². The molecule has 178 valence electrons. The lowest BCUT2D eigenvalue weighted by Gasteiger charge is -2.32. The maximum Gasteiger partial charge on any atom is 0.306 e. The van der Waals surface area contributed by atoms with Gasteiger partial charge in [-0.3, -0.25) is 4.79 Å². The van der Waals surface area contributed by atoms with Gasteiger partial charge in [-0.2, -0.15) is 0 Å². The Kier molecular flexibility index (Phi) is 7.35.